The quantitative estimate of drug-likeness (QED) is 0.770. The number of thiophene rings is 1. The van der Waals surface area contributed by atoms with Crippen molar-refractivity contribution >= 4 is 23.2 Å². The minimum Gasteiger partial charge on any atom is -0.495 e. The van der Waals surface area contributed by atoms with E-state index in [1.165, 1.54) is 18.4 Å². The summed E-state index contributed by atoms with van der Waals surface area (Å²) >= 11 is 1.34. The van der Waals surface area contributed by atoms with Crippen LogP contribution in [0.1, 0.15) is 9.67 Å². The van der Waals surface area contributed by atoms with E-state index in [1.807, 2.05) is 36.4 Å². The first-order valence-corrected chi connectivity index (χ1v) is 6.87. The Balaban J connectivity index is 1.91. The highest BCUT2D eigenvalue weighted by molar-refractivity contribution is 7.17. The maximum absolute atomic E-state index is 12.2. The molecule has 2 aromatic heterocycles. The summed E-state index contributed by atoms with van der Waals surface area (Å²) < 4.78 is 5.27. The van der Waals surface area contributed by atoms with Crippen LogP contribution in [0.2, 0.25) is 0 Å². The van der Waals surface area contributed by atoms with Gasteiger partial charge >= 0.3 is 0 Å². The molecule has 0 fully saturated rings. The van der Waals surface area contributed by atoms with Crippen molar-refractivity contribution in [3.05, 3.63) is 41.3 Å². The van der Waals surface area contributed by atoms with Crippen LogP contribution in [0.25, 0.3) is 10.4 Å². The molecule has 7 nitrogen and oxygen atoms in total. The van der Waals surface area contributed by atoms with E-state index in [0.717, 1.165) is 10.4 Å². The molecule has 8 heteroatoms. The Hall–Kier alpha value is -2.74. The average Bonchev–Trinajstić information content (AvgIpc) is 3.17. The first kappa shape index (κ1) is 13.3. The minimum absolute atomic E-state index is 0.122. The standard InChI is InChI=1S/C13H11N5O2S/c1-20-9-7-10(8-5-3-2-4-6-8)21-11(9)12(19)14-13-15-17-18-16-13/h2-7H,1H3,(H2,14,15,16,17,18,19). The number of hydrogen-bond donors (Lipinski definition) is 2. The molecule has 1 amide bonds. The normalized spacial score (nSPS) is 10.3. The van der Waals surface area contributed by atoms with Gasteiger partial charge in [-0.3, -0.25) is 10.1 Å². The van der Waals surface area contributed by atoms with Crippen LogP contribution in [0.15, 0.2) is 36.4 Å². The number of aromatic amines is 1. The molecule has 3 rings (SSSR count). The van der Waals surface area contributed by atoms with Gasteiger partial charge in [0, 0.05) is 4.88 Å². The zero-order valence-electron chi connectivity index (χ0n) is 11.0. The molecule has 0 bridgehead atoms. The number of amides is 1. The molecule has 0 radical (unpaired) electrons. The predicted octanol–water partition coefficient (Wildman–Crippen LogP) is 2.19. The van der Waals surface area contributed by atoms with Gasteiger partial charge in [0.2, 0.25) is 0 Å². The molecule has 21 heavy (non-hydrogen) atoms. The Morgan fingerprint density at radius 1 is 1.33 bits per heavy atom. The molecule has 0 aliphatic carbocycles. The molecular weight excluding hydrogens is 290 g/mol. The van der Waals surface area contributed by atoms with Crippen LogP contribution in [0.4, 0.5) is 5.95 Å². The second-order valence-corrected chi connectivity index (χ2v) is 5.12. The molecule has 1 aromatic carbocycles. The second kappa shape index (κ2) is 5.71. The van der Waals surface area contributed by atoms with E-state index >= 15 is 0 Å². The highest BCUT2D eigenvalue weighted by Gasteiger charge is 2.19. The highest BCUT2D eigenvalue weighted by atomic mass is 32.1. The average molecular weight is 301 g/mol. The molecule has 0 aliphatic rings. The van der Waals surface area contributed by atoms with Gasteiger partial charge in [0.25, 0.3) is 11.9 Å². The number of benzene rings is 1. The van der Waals surface area contributed by atoms with Crippen molar-refractivity contribution in [1.82, 2.24) is 20.6 Å². The molecule has 0 unspecified atom stereocenters. The molecular formula is C13H11N5O2S. The summed E-state index contributed by atoms with van der Waals surface area (Å²) in [5.41, 5.74) is 1.03. The number of aromatic nitrogens is 4. The Bertz CT molecular complexity index is 739. The number of H-pyrrole nitrogens is 1. The van der Waals surface area contributed by atoms with Crippen molar-refractivity contribution in [2.24, 2.45) is 0 Å². The third-order valence-corrected chi connectivity index (χ3v) is 3.92. The van der Waals surface area contributed by atoms with Gasteiger partial charge in [-0.05, 0) is 16.8 Å². The van der Waals surface area contributed by atoms with Crippen LogP contribution < -0.4 is 10.1 Å². The molecule has 0 saturated heterocycles. The number of methoxy groups -OCH3 is 1. The van der Waals surface area contributed by atoms with E-state index in [-0.39, 0.29) is 11.9 Å². The lowest BCUT2D eigenvalue weighted by Crippen LogP contribution is -2.12. The smallest absolute Gasteiger partial charge is 0.272 e. The first-order valence-electron chi connectivity index (χ1n) is 6.06. The van der Waals surface area contributed by atoms with E-state index in [4.69, 9.17) is 4.74 Å². The molecule has 0 atom stereocenters. The Labute approximate surface area is 124 Å². The second-order valence-electron chi connectivity index (χ2n) is 4.06. The number of nitrogens with zero attached hydrogens (tertiary/aromatic N) is 3. The van der Waals surface area contributed by atoms with E-state index in [0.29, 0.717) is 10.6 Å². The largest absolute Gasteiger partial charge is 0.495 e. The predicted molar refractivity (Wildman–Crippen MR) is 78.4 cm³/mol. The van der Waals surface area contributed by atoms with Crippen molar-refractivity contribution in [3.8, 4) is 16.2 Å². The van der Waals surface area contributed by atoms with E-state index in [2.05, 4.69) is 25.9 Å². The maximum Gasteiger partial charge on any atom is 0.272 e. The van der Waals surface area contributed by atoms with Crippen LogP contribution in [0.5, 0.6) is 5.75 Å². The van der Waals surface area contributed by atoms with Crippen molar-refractivity contribution in [2.75, 3.05) is 12.4 Å². The number of carbonyl (C=O) groups excluding carboxylic acids is 1. The van der Waals surface area contributed by atoms with E-state index in [9.17, 15) is 4.79 Å². The fourth-order valence-corrected chi connectivity index (χ4v) is 2.83. The summed E-state index contributed by atoms with van der Waals surface area (Å²) in [6.45, 7) is 0. The number of tetrazole rings is 1. The summed E-state index contributed by atoms with van der Waals surface area (Å²) in [5.74, 6) is 0.303. The Morgan fingerprint density at radius 3 is 2.81 bits per heavy atom. The molecule has 0 saturated carbocycles. The third kappa shape index (κ3) is 2.75. The minimum atomic E-state index is -0.333. The van der Waals surface area contributed by atoms with E-state index in [1.54, 1.807) is 0 Å². The van der Waals surface area contributed by atoms with Crippen LogP contribution in [-0.2, 0) is 0 Å². The highest BCUT2D eigenvalue weighted by Crippen LogP contribution is 2.36. The Morgan fingerprint density at radius 2 is 2.14 bits per heavy atom. The summed E-state index contributed by atoms with van der Waals surface area (Å²) in [6.07, 6.45) is 0. The fourth-order valence-electron chi connectivity index (χ4n) is 1.80. The fraction of sp³-hybridized carbons (Fsp3) is 0.0769. The van der Waals surface area contributed by atoms with Gasteiger partial charge < -0.3 is 4.74 Å². The van der Waals surface area contributed by atoms with Gasteiger partial charge in [-0.2, -0.15) is 5.21 Å². The topological polar surface area (TPSA) is 92.8 Å². The van der Waals surface area contributed by atoms with Crippen molar-refractivity contribution < 1.29 is 9.53 Å². The lowest BCUT2D eigenvalue weighted by molar-refractivity contribution is 0.102. The van der Waals surface area contributed by atoms with Crippen LogP contribution in [0, 0.1) is 0 Å². The van der Waals surface area contributed by atoms with Gasteiger partial charge in [0.15, 0.2) is 0 Å². The SMILES string of the molecule is COc1cc(-c2ccccc2)sc1C(=O)Nc1nn[nH]n1. The van der Waals surface area contributed by atoms with Gasteiger partial charge in [0.1, 0.15) is 10.6 Å². The van der Waals surface area contributed by atoms with Gasteiger partial charge in [-0.25, -0.2) is 0 Å². The van der Waals surface area contributed by atoms with E-state index < -0.39 is 0 Å². The lowest BCUT2D eigenvalue weighted by Gasteiger charge is -2.00. The molecule has 106 valence electrons. The van der Waals surface area contributed by atoms with Crippen molar-refractivity contribution in [2.45, 2.75) is 0 Å². The molecule has 0 aliphatic heterocycles. The summed E-state index contributed by atoms with van der Waals surface area (Å²) in [4.78, 5) is 13.6. The zero-order valence-corrected chi connectivity index (χ0v) is 11.8. The summed E-state index contributed by atoms with van der Waals surface area (Å²) in [6, 6.07) is 11.6. The van der Waals surface area contributed by atoms with Crippen LogP contribution in [-0.4, -0.2) is 33.6 Å². The zero-order chi connectivity index (χ0) is 14.7. The van der Waals surface area contributed by atoms with Crippen molar-refractivity contribution in [3.63, 3.8) is 0 Å². The molecule has 2 heterocycles. The molecule has 2 N–H and O–H groups in total. The number of hydrogen-bond acceptors (Lipinski definition) is 6. The number of nitrogens with one attached hydrogen (secondary N) is 2. The molecule has 3 aromatic rings. The number of carbonyl (C=O) groups is 1. The number of anilines is 1. The number of rotatable bonds is 4. The summed E-state index contributed by atoms with van der Waals surface area (Å²) in [5, 5.41) is 15.6. The van der Waals surface area contributed by atoms with Gasteiger partial charge in [0.05, 0.1) is 7.11 Å². The maximum atomic E-state index is 12.2. The monoisotopic (exact) mass is 301 g/mol. The molecule has 0 spiro atoms. The third-order valence-electron chi connectivity index (χ3n) is 2.75. The Kier molecular flexibility index (Phi) is 3.61. The van der Waals surface area contributed by atoms with Gasteiger partial charge in [-0.1, -0.05) is 35.4 Å². The van der Waals surface area contributed by atoms with Crippen LogP contribution in [0.3, 0.4) is 0 Å². The summed E-state index contributed by atoms with van der Waals surface area (Å²) in [7, 11) is 1.53. The van der Waals surface area contributed by atoms with Crippen LogP contribution >= 0.6 is 11.3 Å². The lowest BCUT2D eigenvalue weighted by atomic mass is 10.2. The van der Waals surface area contributed by atoms with Crippen molar-refractivity contribution in [1.29, 1.82) is 0 Å². The van der Waals surface area contributed by atoms with Gasteiger partial charge in [-0.15, -0.1) is 16.4 Å². The first-order chi connectivity index (χ1) is 10.3. The number of ether oxygens (including phenoxy) is 1.